The Morgan fingerprint density at radius 3 is 2.57 bits per heavy atom. The number of nitrogens with zero attached hydrogens (tertiary/aromatic N) is 2. The summed E-state index contributed by atoms with van der Waals surface area (Å²) >= 11 is 4.71. The molecule has 1 aromatic heterocycles. The standard InChI is InChI=1S/C26H25BrN2O5S/c1-5-33-23-18(8-7-9-19(23)32-4)22-21(25(31)34-6-2)15(3)28-26-29(22)24(30)20(35-26)14-16-10-12-17(27)13-11-16/h7-14,22H,5-6H2,1-4H3/b20-14+/t22-/m0/s1. The Labute approximate surface area is 215 Å². The number of hydrogen-bond acceptors (Lipinski definition) is 7. The first-order valence-electron chi connectivity index (χ1n) is 11.1. The van der Waals surface area contributed by atoms with Gasteiger partial charge in [0.05, 0.1) is 36.1 Å². The number of benzene rings is 2. The zero-order valence-electron chi connectivity index (χ0n) is 19.8. The molecule has 0 aliphatic carbocycles. The first kappa shape index (κ1) is 24.9. The van der Waals surface area contributed by atoms with Crippen LogP contribution in [0.3, 0.4) is 0 Å². The zero-order valence-corrected chi connectivity index (χ0v) is 22.2. The van der Waals surface area contributed by atoms with Gasteiger partial charge in [0.2, 0.25) is 0 Å². The summed E-state index contributed by atoms with van der Waals surface area (Å²) in [6.07, 6.45) is 1.83. The summed E-state index contributed by atoms with van der Waals surface area (Å²) in [5, 5.41) is 0. The van der Waals surface area contributed by atoms with E-state index in [4.69, 9.17) is 14.2 Å². The number of rotatable bonds is 7. The second kappa shape index (κ2) is 10.6. The van der Waals surface area contributed by atoms with Gasteiger partial charge in [-0.05, 0) is 50.6 Å². The van der Waals surface area contributed by atoms with E-state index in [9.17, 15) is 9.59 Å². The average Bonchev–Trinajstić information content (AvgIpc) is 3.14. The average molecular weight is 557 g/mol. The lowest BCUT2D eigenvalue weighted by atomic mass is 9.94. The van der Waals surface area contributed by atoms with Crippen LogP contribution in [0.15, 0.2) is 68.0 Å². The van der Waals surface area contributed by atoms with Gasteiger partial charge in [-0.1, -0.05) is 51.5 Å². The van der Waals surface area contributed by atoms with E-state index in [0.717, 1.165) is 10.0 Å². The number of para-hydroxylation sites is 1. The van der Waals surface area contributed by atoms with Crippen LogP contribution in [-0.2, 0) is 9.53 Å². The summed E-state index contributed by atoms with van der Waals surface area (Å²) in [6, 6.07) is 12.3. The minimum Gasteiger partial charge on any atom is -0.493 e. The summed E-state index contributed by atoms with van der Waals surface area (Å²) < 4.78 is 19.9. The number of carbonyl (C=O) groups excluding carboxylic acids is 1. The molecule has 0 fully saturated rings. The lowest BCUT2D eigenvalue weighted by molar-refractivity contribution is -0.139. The molecule has 0 unspecified atom stereocenters. The summed E-state index contributed by atoms with van der Waals surface area (Å²) in [5.74, 6) is 0.465. The molecule has 0 saturated carbocycles. The summed E-state index contributed by atoms with van der Waals surface area (Å²) in [7, 11) is 1.55. The number of thiazole rings is 1. The van der Waals surface area contributed by atoms with E-state index < -0.39 is 12.0 Å². The second-order valence-electron chi connectivity index (χ2n) is 7.67. The number of allylic oxidation sites excluding steroid dienone is 1. The number of aromatic nitrogens is 1. The first-order valence-corrected chi connectivity index (χ1v) is 12.7. The van der Waals surface area contributed by atoms with Crippen molar-refractivity contribution >= 4 is 39.3 Å². The molecule has 9 heteroatoms. The van der Waals surface area contributed by atoms with E-state index in [1.165, 1.54) is 11.3 Å². The lowest BCUT2D eigenvalue weighted by Crippen LogP contribution is -2.40. The Bertz CT molecular complexity index is 1470. The number of carbonyl (C=O) groups is 1. The van der Waals surface area contributed by atoms with Gasteiger partial charge in [0.25, 0.3) is 5.56 Å². The van der Waals surface area contributed by atoms with Crippen LogP contribution >= 0.6 is 27.3 Å². The number of hydrogen-bond donors (Lipinski definition) is 0. The van der Waals surface area contributed by atoms with Gasteiger partial charge in [0.1, 0.15) is 6.04 Å². The van der Waals surface area contributed by atoms with Crippen LogP contribution in [0.5, 0.6) is 11.5 Å². The van der Waals surface area contributed by atoms with Gasteiger partial charge in [0.15, 0.2) is 16.3 Å². The zero-order chi connectivity index (χ0) is 25.1. The summed E-state index contributed by atoms with van der Waals surface area (Å²) in [5.41, 5.74) is 2.05. The quantitative estimate of drug-likeness (QED) is 0.411. The molecule has 3 aromatic rings. The van der Waals surface area contributed by atoms with Crippen molar-refractivity contribution in [3.63, 3.8) is 0 Å². The Morgan fingerprint density at radius 2 is 1.91 bits per heavy atom. The van der Waals surface area contributed by atoms with Crippen molar-refractivity contribution in [1.82, 2.24) is 4.57 Å². The van der Waals surface area contributed by atoms with Crippen LogP contribution in [0.1, 0.15) is 37.9 Å². The smallest absolute Gasteiger partial charge is 0.338 e. The number of esters is 1. The Balaban J connectivity index is 2.01. The maximum absolute atomic E-state index is 13.8. The summed E-state index contributed by atoms with van der Waals surface area (Å²) in [4.78, 5) is 32.0. The minimum absolute atomic E-state index is 0.201. The number of methoxy groups -OCH3 is 1. The maximum Gasteiger partial charge on any atom is 0.338 e. The van der Waals surface area contributed by atoms with Gasteiger partial charge in [0, 0.05) is 10.0 Å². The van der Waals surface area contributed by atoms with Gasteiger partial charge < -0.3 is 14.2 Å². The molecular weight excluding hydrogens is 532 g/mol. The first-order chi connectivity index (χ1) is 16.9. The third-order valence-electron chi connectivity index (χ3n) is 5.50. The Kier molecular flexibility index (Phi) is 7.57. The molecule has 0 N–H and O–H groups in total. The predicted molar refractivity (Wildman–Crippen MR) is 139 cm³/mol. The molecule has 4 rings (SSSR count). The second-order valence-corrected chi connectivity index (χ2v) is 9.59. The fraction of sp³-hybridized carbons (Fsp3) is 0.269. The monoisotopic (exact) mass is 556 g/mol. The van der Waals surface area contributed by atoms with Crippen molar-refractivity contribution in [2.24, 2.45) is 4.99 Å². The van der Waals surface area contributed by atoms with Crippen molar-refractivity contribution in [3.8, 4) is 11.5 Å². The van der Waals surface area contributed by atoms with E-state index in [1.807, 2.05) is 49.4 Å². The normalized spacial score (nSPS) is 15.5. The van der Waals surface area contributed by atoms with Crippen molar-refractivity contribution in [2.75, 3.05) is 20.3 Å². The van der Waals surface area contributed by atoms with E-state index in [0.29, 0.717) is 44.3 Å². The molecule has 2 heterocycles. The number of halogens is 1. The molecule has 1 aliphatic rings. The van der Waals surface area contributed by atoms with E-state index in [1.54, 1.807) is 31.6 Å². The third kappa shape index (κ3) is 4.83. The Morgan fingerprint density at radius 1 is 1.17 bits per heavy atom. The van der Waals surface area contributed by atoms with E-state index >= 15 is 0 Å². The minimum atomic E-state index is -0.783. The molecule has 0 saturated heterocycles. The molecule has 1 aliphatic heterocycles. The van der Waals surface area contributed by atoms with Gasteiger partial charge in [-0.3, -0.25) is 9.36 Å². The fourth-order valence-electron chi connectivity index (χ4n) is 4.00. The highest BCUT2D eigenvalue weighted by Crippen LogP contribution is 2.40. The van der Waals surface area contributed by atoms with Gasteiger partial charge >= 0.3 is 5.97 Å². The molecule has 2 aromatic carbocycles. The van der Waals surface area contributed by atoms with Crippen LogP contribution in [0.25, 0.3) is 6.08 Å². The van der Waals surface area contributed by atoms with Gasteiger partial charge in [-0.25, -0.2) is 9.79 Å². The molecule has 7 nitrogen and oxygen atoms in total. The molecule has 182 valence electrons. The maximum atomic E-state index is 13.8. The molecule has 0 spiro atoms. The van der Waals surface area contributed by atoms with Crippen LogP contribution in [0.4, 0.5) is 0 Å². The highest BCUT2D eigenvalue weighted by Gasteiger charge is 2.35. The fourth-order valence-corrected chi connectivity index (χ4v) is 5.31. The highest BCUT2D eigenvalue weighted by molar-refractivity contribution is 9.10. The van der Waals surface area contributed by atoms with Crippen molar-refractivity contribution in [1.29, 1.82) is 0 Å². The van der Waals surface area contributed by atoms with Crippen molar-refractivity contribution < 1.29 is 19.0 Å². The third-order valence-corrected chi connectivity index (χ3v) is 7.01. The molecule has 35 heavy (non-hydrogen) atoms. The lowest BCUT2D eigenvalue weighted by Gasteiger charge is -2.26. The van der Waals surface area contributed by atoms with E-state index in [2.05, 4.69) is 20.9 Å². The van der Waals surface area contributed by atoms with Crippen LogP contribution in [0, 0.1) is 0 Å². The topological polar surface area (TPSA) is 79.1 Å². The predicted octanol–water partition coefficient (Wildman–Crippen LogP) is 3.97. The van der Waals surface area contributed by atoms with Gasteiger partial charge in [-0.2, -0.15) is 0 Å². The largest absolute Gasteiger partial charge is 0.493 e. The molecular formula is C26H25BrN2O5S. The summed E-state index contributed by atoms with van der Waals surface area (Å²) in [6.45, 7) is 5.95. The van der Waals surface area contributed by atoms with Crippen LogP contribution < -0.4 is 24.4 Å². The van der Waals surface area contributed by atoms with Crippen molar-refractivity contribution in [3.05, 3.63) is 89.0 Å². The molecule has 0 radical (unpaired) electrons. The van der Waals surface area contributed by atoms with Crippen molar-refractivity contribution in [2.45, 2.75) is 26.8 Å². The SMILES string of the molecule is CCOC(=O)C1=C(C)N=c2s/c(=C/c3ccc(Br)cc3)c(=O)n2[C@H]1c1cccc(OC)c1OCC. The number of fused-ring (bicyclic) bond motifs is 1. The number of ether oxygens (including phenoxy) is 3. The van der Waals surface area contributed by atoms with Crippen LogP contribution in [-0.4, -0.2) is 30.9 Å². The molecule has 0 amide bonds. The molecule has 1 atom stereocenters. The van der Waals surface area contributed by atoms with Gasteiger partial charge in [-0.15, -0.1) is 0 Å². The Hall–Kier alpha value is -3.17. The van der Waals surface area contributed by atoms with E-state index in [-0.39, 0.29) is 12.2 Å². The highest BCUT2D eigenvalue weighted by atomic mass is 79.9. The molecule has 0 bridgehead atoms. The van der Waals surface area contributed by atoms with Crippen LogP contribution in [0.2, 0.25) is 0 Å².